The number of pyridine rings is 1. The van der Waals surface area contributed by atoms with Gasteiger partial charge in [-0.1, -0.05) is 45.2 Å². The Balaban J connectivity index is 1.78. The Kier molecular flexibility index (Phi) is 7.44. The smallest absolute Gasteiger partial charge is 0.354 e. The van der Waals surface area contributed by atoms with Crippen LogP contribution in [0.1, 0.15) is 57.9 Å². The summed E-state index contributed by atoms with van der Waals surface area (Å²) in [5.41, 5.74) is 1.80. The number of aromatic nitrogens is 1. The predicted molar refractivity (Wildman–Crippen MR) is 116 cm³/mol. The van der Waals surface area contributed by atoms with Crippen molar-refractivity contribution in [3.8, 4) is 11.6 Å². The Morgan fingerprint density at radius 3 is 2.48 bits per heavy atom. The topological polar surface area (TPSA) is 68.5 Å². The third-order valence-electron chi connectivity index (χ3n) is 5.66. The fourth-order valence-electron chi connectivity index (χ4n) is 4.01. The van der Waals surface area contributed by atoms with Crippen LogP contribution in [0.2, 0.25) is 0 Å². The highest BCUT2D eigenvalue weighted by atomic mass is 16.6. The normalized spacial score (nSPS) is 14.8. The highest BCUT2D eigenvalue weighted by Gasteiger charge is 2.29. The lowest BCUT2D eigenvalue weighted by atomic mass is 9.92. The molecule has 29 heavy (non-hydrogen) atoms. The molecular weight excluding hydrogens is 366 g/mol. The van der Waals surface area contributed by atoms with Gasteiger partial charge < -0.3 is 9.64 Å². The standard InChI is InChI=1S/C23H31N3O3/c1-3-5-7-19-8-10-20(11-9-19)29-23-22(26(27)28)21(12-15-24-23)25-16-13-18(6-4-2)14-17-25/h8-12,15,18H,3-7,13-14,16-17H2,1-2H3. The van der Waals surface area contributed by atoms with E-state index in [4.69, 9.17) is 4.74 Å². The van der Waals surface area contributed by atoms with E-state index in [9.17, 15) is 10.1 Å². The van der Waals surface area contributed by atoms with Crippen LogP contribution in [0.25, 0.3) is 0 Å². The van der Waals surface area contributed by atoms with Crippen molar-refractivity contribution in [1.82, 2.24) is 4.98 Å². The van der Waals surface area contributed by atoms with Crippen molar-refractivity contribution >= 4 is 11.4 Å². The molecule has 0 amide bonds. The van der Waals surface area contributed by atoms with Gasteiger partial charge in [0, 0.05) is 19.3 Å². The molecule has 0 bridgehead atoms. The van der Waals surface area contributed by atoms with Crippen LogP contribution in [-0.2, 0) is 6.42 Å². The maximum atomic E-state index is 11.9. The Hall–Kier alpha value is -2.63. The van der Waals surface area contributed by atoms with E-state index in [0.717, 1.165) is 51.1 Å². The number of anilines is 1. The third-order valence-corrected chi connectivity index (χ3v) is 5.66. The van der Waals surface area contributed by atoms with E-state index < -0.39 is 0 Å². The number of hydrogen-bond donors (Lipinski definition) is 0. The molecule has 0 aliphatic carbocycles. The molecule has 1 saturated heterocycles. The first-order chi connectivity index (χ1) is 14.1. The van der Waals surface area contributed by atoms with Gasteiger partial charge in [-0.3, -0.25) is 10.1 Å². The fourth-order valence-corrected chi connectivity index (χ4v) is 4.01. The molecule has 1 aliphatic heterocycles. The van der Waals surface area contributed by atoms with Crippen molar-refractivity contribution in [3.05, 3.63) is 52.2 Å². The van der Waals surface area contributed by atoms with E-state index in [-0.39, 0.29) is 16.5 Å². The molecule has 2 heterocycles. The molecule has 1 fully saturated rings. The van der Waals surface area contributed by atoms with Crippen molar-refractivity contribution in [1.29, 1.82) is 0 Å². The summed E-state index contributed by atoms with van der Waals surface area (Å²) in [6, 6.07) is 9.48. The Labute approximate surface area is 173 Å². The summed E-state index contributed by atoms with van der Waals surface area (Å²) < 4.78 is 5.84. The molecule has 1 aromatic heterocycles. The number of hydrogen-bond acceptors (Lipinski definition) is 5. The first-order valence-electron chi connectivity index (χ1n) is 10.8. The van der Waals surface area contributed by atoms with E-state index in [1.807, 2.05) is 24.3 Å². The average molecular weight is 398 g/mol. The predicted octanol–water partition coefficient (Wildman–Crippen LogP) is 6.14. The molecule has 0 radical (unpaired) electrons. The zero-order chi connectivity index (χ0) is 20.6. The Bertz CT molecular complexity index is 800. The molecule has 0 unspecified atom stereocenters. The number of rotatable bonds is 9. The molecule has 2 aromatic rings. The minimum atomic E-state index is -0.370. The maximum absolute atomic E-state index is 11.9. The zero-order valence-corrected chi connectivity index (χ0v) is 17.5. The monoisotopic (exact) mass is 397 g/mol. The number of nitro groups is 1. The second-order valence-electron chi connectivity index (χ2n) is 7.81. The molecule has 0 spiro atoms. The van der Waals surface area contributed by atoms with Gasteiger partial charge in [-0.05, 0) is 55.4 Å². The van der Waals surface area contributed by atoms with Crippen molar-refractivity contribution in [3.63, 3.8) is 0 Å². The van der Waals surface area contributed by atoms with Gasteiger partial charge in [0.25, 0.3) is 0 Å². The second kappa shape index (κ2) is 10.2. The SMILES string of the molecule is CCCCc1ccc(Oc2nccc(N3CCC(CCC)CC3)c2[N+](=O)[O-])cc1. The van der Waals surface area contributed by atoms with Crippen LogP contribution in [0, 0.1) is 16.0 Å². The van der Waals surface area contributed by atoms with E-state index in [1.165, 1.54) is 18.4 Å². The molecule has 156 valence electrons. The maximum Gasteiger partial charge on any atom is 0.354 e. The van der Waals surface area contributed by atoms with Crippen LogP contribution in [0.5, 0.6) is 11.6 Å². The summed E-state index contributed by atoms with van der Waals surface area (Å²) in [5.74, 6) is 1.35. The van der Waals surface area contributed by atoms with Gasteiger partial charge in [0.1, 0.15) is 11.4 Å². The summed E-state index contributed by atoms with van der Waals surface area (Å²) in [7, 11) is 0. The lowest BCUT2D eigenvalue weighted by Gasteiger charge is -2.33. The van der Waals surface area contributed by atoms with Crippen molar-refractivity contribution in [2.75, 3.05) is 18.0 Å². The molecule has 6 nitrogen and oxygen atoms in total. The Morgan fingerprint density at radius 2 is 1.86 bits per heavy atom. The highest BCUT2D eigenvalue weighted by molar-refractivity contribution is 5.68. The van der Waals surface area contributed by atoms with Crippen LogP contribution in [0.4, 0.5) is 11.4 Å². The van der Waals surface area contributed by atoms with Gasteiger partial charge in [-0.25, -0.2) is 4.98 Å². The summed E-state index contributed by atoms with van der Waals surface area (Å²) in [6.07, 6.45) is 9.49. The first-order valence-corrected chi connectivity index (χ1v) is 10.8. The van der Waals surface area contributed by atoms with Gasteiger partial charge in [-0.15, -0.1) is 0 Å². The van der Waals surface area contributed by atoms with Crippen molar-refractivity contribution < 1.29 is 9.66 Å². The number of aryl methyl sites for hydroxylation is 1. The van der Waals surface area contributed by atoms with Gasteiger partial charge in [0.15, 0.2) is 0 Å². The van der Waals surface area contributed by atoms with Gasteiger partial charge >= 0.3 is 11.6 Å². The minimum Gasteiger partial charge on any atom is -0.434 e. The van der Waals surface area contributed by atoms with E-state index in [0.29, 0.717) is 11.4 Å². The number of benzene rings is 1. The van der Waals surface area contributed by atoms with E-state index >= 15 is 0 Å². The molecule has 3 rings (SSSR count). The van der Waals surface area contributed by atoms with Crippen LogP contribution in [-0.4, -0.2) is 23.0 Å². The summed E-state index contributed by atoms with van der Waals surface area (Å²) in [6.45, 7) is 6.05. The van der Waals surface area contributed by atoms with Crippen LogP contribution >= 0.6 is 0 Å². The second-order valence-corrected chi connectivity index (χ2v) is 7.81. The molecule has 0 saturated carbocycles. The van der Waals surface area contributed by atoms with E-state index in [2.05, 4.69) is 23.7 Å². The average Bonchev–Trinajstić information content (AvgIpc) is 2.74. The third kappa shape index (κ3) is 5.46. The van der Waals surface area contributed by atoms with Gasteiger partial charge in [0.2, 0.25) is 0 Å². The lowest BCUT2D eigenvalue weighted by Crippen LogP contribution is -2.34. The first kappa shape index (κ1) is 21.1. The lowest BCUT2D eigenvalue weighted by molar-refractivity contribution is -0.385. The Morgan fingerprint density at radius 1 is 1.14 bits per heavy atom. The largest absolute Gasteiger partial charge is 0.434 e. The van der Waals surface area contributed by atoms with Crippen LogP contribution < -0.4 is 9.64 Å². The van der Waals surface area contributed by atoms with E-state index in [1.54, 1.807) is 12.3 Å². The quantitative estimate of drug-likeness (QED) is 0.375. The summed E-state index contributed by atoms with van der Waals surface area (Å²) >= 11 is 0. The van der Waals surface area contributed by atoms with Crippen molar-refractivity contribution in [2.24, 2.45) is 5.92 Å². The molecular formula is C23H31N3O3. The van der Waals surface area contributed by atoms with Gasteiger partial charge in [0.05, 0.1) is 4.92 Å². The molecule has 0 N–H and O–H groups in total. The molecule has 1 aliphatic rings. The van der Waals surface area contributed by atoms with Crippen LogP contribution in [0.3, 0.4) is 0 Å². The number of ether oxygens (including phenoxy) is 1. The van der Waals surface area contributed by atoms with Crippen LogP contribution in [0.15, 0.2) is 36.5 Å². The van der Waals surface area contributed by atoms with Crippen molar-refractivity contribution in [2.45, 2.75) is 58.8 Å². The summed E-state index contributed by atoms with van der Waals surface area (Å²) in [4.78, 5) is 17.8. The number of unbranched alkanes of at least 4 members (excludes halogenated alkanes) is 1. The molecule has 0 atom stereocenters. The number of piperidine rings is 1. The fraction of sp³-hybridized carbons (Fsp3) is 0.522. The van der Waals surface area contributed by atoms with Gasteiger partial charge in [-0.2, -0.15) is 0 Å². The zero-order valence-electron chi connectivity index (χ0n) is 17.5. The summed E-state index contributed by atoms with van der Waals surface area (Å²) in [5, 5.41) is 11.9. The number of nitrogens with zero attached hydrogens (tertiary/aromatic N) is 3. The minimum absolute atomic E-state index is 0.0449. The molecule has 1 aromatic carbocycles. The molecule has 6 heteroatoms. The highest BCUT2D eigenvalue weighted by Crippen LogP contribution is 2.39.